The first-order valence-corrected chi connectivity index (χ1v) is 5.22. The van der Waals surface area contributed by atoms with Crippen molar-refractivity contribution in [1.82, 2.24) is 5.32 Å². The maximum Gasteiger partial charge on any atom is 0.0463 e. The highest BCUT2D eigenvalue weighted by atomic mass is 15.0. The van der Waals surface area contributed by atoms with E-state index in [1.54, 1.807) is 0 Å². The molecule has 1 heterocycles. The van der Waals surface area contributed by atoms with Gasteiger partial charge in [-0.05, 0) is 37.3 Å². The van der Waals surface area contributed by atoms with E-state index in [0.717, 1.165) is 5.92 Å². The molecule has 68 valence electrons. The second-order valence-electron chi connectivity index (χ2n) is 4.29. The fraction of sp³-hybridized carbons (Fsp3) is 0.500. The topological polar surface area (TPSA) is 12.0 Å². The molecule has 2 fully saturated rings. The third kappa shape index (κ3) is 0.910. The molecule has 1 saturated carbocycles. The first-order valence-electron chi connectivity index (χ1n) is 5.22. The fourth-order valence-corrected chi connectivity index (χ4v) is 2.95. The Labute approximate surface area is 79.2 Å². The number of benzene rings is 1. The third-order valence-corrected chi connectivity index (χ3v) is 3.81. The van der Waals surface area contributed by atoms with Crippen LogP contribution in [0.3, 0.4) is 0 Å². The maximum atomic E-state index is 3.69. The summed E-state index contributed by atoms with van der Waals surface area (Å²) in [5, 5.41) is 3.69. The van der Waals surface area contributed by atoms with Crippen molar-refractivity contribution in [3.05, 3.63) is 35.9 Å². The summed E-state index contributed by atoms with van der Waals surface area (Å²) in [6.45, 7) is 1.21. The van der Waals surface area contributed by atoms with Gasteiger partial charge in [0.1, 0.15) is 0 Å². The summed E-state index contributed by atoms with van der Waals surface area (Å²) in [6, 6.07) is 10.9. The van der Waals surface area contributed by atoms with Crippen LogP contribution in [0, 0.1) is 5.92 Å². The van der Waals surface area contributed by atoms with Crippen LogP contribution in [0.25, 0.3) is 0 Å². The van der Waals surface area contributed by atoms with Gasteiger partial charge in [0, 0.05) is 5.54 Å². The van der Waals surface area contributed by atoms with Gasteiger partial charge in [-0.25, -0.2) is 0 Å². The summed E-state index contributed by atoms with van der Waals surface area (Å²) in [6.07, 6.45) is 4.12. The van der Waals surface area contributed by atoms with E-state index in [-0.39, 0.29) is 0 Å². The van der Waals surface area contributed by atoms with Crippen molar-refractivity contribution in [3.8, 4) is 0 Å². The first kappa shape index (κ1) is 7.57. The molecule has 1 nitrogen and oxygen atoms in total. The standard InChI is InChI=1S/C12H15N/c1-2-4-10(5-3-1)12-8-6-11(12)7-9-13-12/h1-5,11,13H,6-9H2/t11-,12+/m0/s1. The Morgan fingerprint density at radius 2 is 2.00 bits per heavy atom. The van der Waals surface area contributed by atoms with Gasteiger partial charge in [-0.15, -0.1) is 0 Å². The average molecular weight is 173 g/mol. The predicted molar refractivity (Wildman–Crippen MR) is 53.5 cm³/mol. The lowest BCUT2D eigenvalue weighted by Crippen LogP contribution is -2.48. The Bertz CT molecular complexity index is 306. The number of rotatable bonds is 1. The Kier molecular flexibility index (Phi) is 1.50. The van der Waals surface area contributed by atoms with Crippen molar-refractivity contribution in [1.29, 1.82) is 0 Å². The van der Waals surface area contributed by atoms with Crippen LogP contribution in [-0.2, 0) is 5.54 Å². The molecule has 2 aliphatic rings. The molecule has 1 heteroatoms. The minimum absolute atomic E-state index is 0.376. The van der Waals surface area contributed by atoms with Gasteiger partial charge in [-0.3, -0.25) is 0 Å². The van der Waals surface area contributed by atoms with E-state index in [1.165, 1.54) is 31.4 Å². The second kappa shape index (κ2) is 2.58. The van der Waals surface area contributed by atoms with Crippen LogP contribution >= 0.6 is 0 Å². The minimum Gasteiger partial charge on any atom is -0.307 e. The third-order valence-electron chi connectivity index (χ3n) is 3.81. The van der Waals surface area contributed by atoms with E-state index in [1.807, 2.05) is 0 Å². The van der Waals surface area contributed by atoms with Gasteiger partial charge >= 0.3 is 0 Å². The highest BCUT2D eigenvalue weighted by Crippen LogP contribution is 2.51. The zero-order valence-corrected chi connectivity index (χ0v) is 7.79. The van der Waals surface area contributed by atoms with Crippen molar-refractivity contribution in [2.45, 2.75) is 24.8 Å². The maximum absolute atomic E-state index is 3.69. The fourth-order valence-electron chi connectivity index (χ4n) is 2.95. The smallest absolute Gasteiger partial charge is 0.0463 e. The van der Waals surface area contributed by atoms with Crippen molar-refractivity contribution in [3.63, 3.8) is 0 Å². The molecule has 3 rings (SSSR count). The van der Waals surface area contributed by atoms with Crippen molar-refractivity contribution in [2.75, 3.05) is 6.54 Å². The van der Waals surface area contributed by atoms with Gasteiger partial charge in [0.25, 0.3) is 0 Å². The molecule has 0 radical (unpaired) electrons. The lowest BCUT2D eigenvalue weighted by molar-refractivity contribution is 0.136. The zero-order chi connectivity index (χ0) is 8.73. The zero-order valence-electron chi connectivity index (χ0n) is 7.79. The molecule has 0 unspecified atom stereocenters. The van der Waals surface area contributed by atoms with Crippen molar-refractivity contribution >= 4 is 0 Å². The lowest BCUT2D eigenvalue weighted by Gasteiger charge is -2.45. The Hall–Kier alpha value is -0.820. The molecule has 2 atom stereocenters. The van der Waals surface area contributed by atoms with Gasteiger partial charge in [0.05, 0.1) is 0 Å². The van der Waals surface area contributed by atoms with E-state index in [9.17, 15) is 0 Å². The van der Waals surface area contributed by atoms with Gasteiger partial charge < -0.3 is 5.32 Å². The molecule has 1 aromatic rings. The molecule has 1 aromatic carbocycles. The quantitative estimate of drug-likeness (QED) is 0.687. The van der Waals surface area contributed by atoms with Crippen LogP contribution in [0.4, 0.5) is 0 Å². The largest absolute Gasteiger partial charge is 0.307 e. The van der Waals surface area contributed by atoms with Gasteiger partial charge in [-0.1, -0.05) is 30.3 Å². The first-order chi connectivity index (χ1) is 6.42. The van der Waals surface area contributed by atoms with Crippen LogP contribution in [0.5, 0.6) is 0 Å². The molecule has 13 heavy (non-hydrogen) atoms. The molecular formula is C12H15N. The molecule has 1 aliphatic heterocycles. The van der Waals surface area contributed by atoms with Crippen LogP contribution in [0.15, 0.2) is 30.3 Å². The molecular weight excluding hydrogens is 158 g/mol. The summed E-state index contributed by atoms with van der Waals surface area (Å²) in [7, 11) is 0. The molecule has 0 bridgehead atoms. The predicted octanol–water partition coefficient (Wildman–Crippen LogP) is 2.29. The van der Waals surface area contributed by atoms with Crippen molar-refractivity contribution in [2.24, 2.45) is 5.92 Å². The number of hydrogen-bond donors (Lipinski definition) is 1. The highest BCUT2D eigenvalue weighted by Gasteiger charge is 2.50. The van der Waals surface area contributed by atoms with E-state index in [0.29, 0.717) is 5.54 Å². The normalized spacial score (nSPS) is 36.8. The average Bonchev–Trinajstić information content (AvgIpc) is 2.45. The molecule has 1 saturated heterocycles. The summed E-state index contributed by atoms with van der Waals surface area (Å²) >= 11 is 0. The van der Waals surface area contributed by atoms with Crippen LogP contribution in [0.1, 0.15) is 24.8 Å². The van der Waals surface area contributed by atoms with E-state index in [4.69, 9.17) is 0 Å². The Balaban J connectivity index is 2.00. The van der Waals surface area contributed by atoms with Gasteiger partial charge in [-0.2, -0.15) is 0 Å². The van der Waals surface area contributed by atoms with Crippen molar-refractivity contribution < 1.29 is 0 Å². The molecule has 1 N–H and O–H groups in total. The second-order valence-corrected chi connectivity index (χ2v) is 4.29. The van der Waals surface area contributed by atoms with Crippen LogP contribution in [-0.4, -0.2) is 6.54 Å². The van der Waals surface area contributed by atoms with Crippen LogP contribution < -0.4 is 5.32 Å². The van der Waals surface area contributed by atoms with E-state index >= 15 is 0 Å². The van der Waals surface area contributed by atoms with Crippen LogP contribution in [0.2, 0.25) is 0 Å². The summed E-state index contributed by atoms with van der Waals surface area (Å²) in [5.74, 6) is 0.912. The number of fused-ring (bicyclic) bond motifs is 1. The van der Waals surface area contributed by atoms with Gasteiger partial charge in [0.2, 0.25) is 0 Å². The SMILES string of the molecule is c1ccc([C@]23CC[C@H]2CCN3)cc1. The van der Waals surface area contributed by atoms with E-state index in [2.05, 4.69) is 35.6 Å². The monoisotopic (exact) mass is 173 g/mol. The number of nitrogens with one attached hydrogen (secondary N) is 1. The molecule has 0 spiro atoms. The Morgan fingerprint density at radius 1 is 1.15 bits per heavy atom. The lowest BCUT2D eigenvalue weighted by atomic mass is 9.64. The number of hydrogen-bond acceptors (Lipinski definition) is 1. The minimum atomic E-state index is 0.376. The molecule has 0 amide bonds. The molecule has 0 aromatic heterocycles. The summed E-state index contributed by atoms with van der Waals surface area (Å²) < 4.78 is 0. The summed E-state index contributed by atoms with van der Waals surface area (Å²) in [4.78, 5) is 0. The van der Waals surface area contributed by atoms with Gasteiger partial charge in [0.15, 0.2) is 0 Å². The molecule has 1 aliphatic carbocycles. The summed E-state index contributed by atoms with van der Waals surface area (Å²) in [5.41, 5.74) is 1.88. The van der Waals surface area contributed by atoms with E-state index < -0.39 is 0 Å². The Morgan fingerprint density at radius 3 is 2.62 bits per heavy atom. The highest BCUT2D eigenvalue weighted by molar-refractivity contribution is 5.30.